The average molecular weight is 347 g/mol. The lowest BCUT2D eigenvalue weighted by molar-refractivity contribution is 0.0998. The Hall–Kier alpha value is -2.72. The smallest absolute Gasteiger partial charge is 0.256 e. The van der Waals surface area contributed by atoms with Crippen molar-refractivity contribution >= 4 is 28.7 Å². The lowest BCUT2D eigenvalue weighted by Crippen LogP contribution is -2.16. The summed E-state index contributed by atoms with van der Waals surface area (Å²) in [5, 5.41) is 4.80. The Morgan fingerprint density at radius 3 is 2.48 bits per heavy atom. The van der Waals surface area contributed by atoms with E-state index in [1.807, 2.05) is 23.6 Å². The SMILES string of the molecule is O=C(Nc1ccc2c(c1)CCC2)c1ccccc1C(=O)c1cccs1. The number of carbonyl (C=O) groups is 2. The van der Waals surface area contributed by atoms with E-state index in [4.69, 9.17) is 0 Å². The molecule has 124 valence electrons. The molecule has 0 fully saturated rings. The summed E-state index contributed by atoms with van der Waals surface area (Å²) in [4.78, 5) is 26.1. The van der Waals surface area contributed by atoms with Gasteiger partial charge in [0.2, 0.25) is 5.78 Å². The van der Waals surface area contributed by atoms with Gasteiger partial charge >= 0.3 is 0 Å². The molecule has 3 nitrogen and oxygen atoms in total. The highest BCUT2D eigenvalue weighted by Crippen LogP contribution is 2.25. The zero-order chi connectivity index (χ0) is 17.2. The van der Waals surface area contributed by atoms with Crippen molar-refractivity contribution in [2.75, 3.05) is 5.32 Å². The fourth-order valence-corrected chi connectivity index (χ4v) is 3.95. The number of aryl methyl sites for hydroxylation is 2. The number of thiophene rings is 1. The lowest BCUT2D eigenvalue weighted by Gasteiger charge is -2.10. The molecule has 0 bridgehead atoms. The van der Waals surface area contributed by atoms with Gasteiger partial charge in [0, 0.05) is 11.3 Å². The van der Waals surface area contributed by atoms with Crippen LogP contribution in [-0.2, 0) is 12.8 Å². The molecule has 1 heterocycles. The molecule has 0 unspecified atom stereocenters. The first-order chi connectivity index (χ1) is 12.2. The maximum absolute atomic E-state index is 12.7. The minimum atomic E-state index is -0.251. The minimum Gasteiger partial charge on any atom is -0.322 e. The van der Waals surface area contributed by atoms with Crippen molar-refractivity contribution in [3.8, 4) is 0 Å². The van der Waals surface area contributed by atoms with Gasteiger partial charge in [0.25, 0.3) is 5.91 Å². The van der Waals surface area contributed by atoms with E-state index in [-0.39, 0.29) is 11.7 Å². The second-order valence-electron chi connectivity index (χ2n) is 6.14. The third kappa shape index (κ3) is 3.13. The predicted octanol–water partition coefficient (Wildman–Crippen LogP) is 4.72. The van der Waals surface area contributed by atoms with E-state index in [1.54, 1.807) is 30.3 Å². The molecule has 1 aliphatic rings. The van der Waals surface area contributed by atoms with Crippen molar-refractivity contribution in [1.29, 1.82) is 0 Å². The maximum Gasteiger partial charge on any atom is 0.256 e. The topological polar surface area (TPSA) is 46.2 Å². The Morgan fingerprint density at radius 1 is 0.880 bits per heavy atom. The van der Waals surface area contributed by atoms with E-state index >= 15 is 0 Å². The summed E-state index contributed by atoms with van der Waals surface area (Å²) in [6.45, 7) is 0. The molecule has 4 rings (SSSR count). The van der Waals surface area contributed by atoms with Crippen LogP contribution in [0.15, 0.2) is 60.0 Å². The van der Waals surface area contributed by atoms with Crippen LogP contribution >= 0.6 is 11.3 Å². The van der Waals surface area contributed by atoms with Crippen LogP contribution in [0, 0.1) is 0 Å². The minimum absolute atomic E-state index is 0.116. The van der Waals surface area contributed by atoms with Crippen LogP contribution in [0.5, 0.6) is 0 Å². The lowest BCUT2D eigenvalue weighted by atomic mass is 10.0. The van der Waals surface area contributed by atoms with E-state index in [0.29, 0.717) is 16.0 Å². The van der Waals surface area contributed by atoms with E-state index in [2.05, 4.69) is 11.4 Å². The normalized spacial score (nSPS) is 12.6. The first kappa shape index (κ1) is 15.8. The monoisotopic (exact) mass is 347 g/mol. The summed E-state index contributed by atoms with van der Waals surface area (Å²) in [7, 11) is 0. The van der Waals surface area contributed by atoms with Gasteiger partial charge in [0.05, 0.1) is 10.4 Å². The number of benzene rings is 2. The molecule has 1 aromatic heterocycles. The Morgan fingerprint density at radius 2 is 1.68 bits per heavy atom. The van der Waals surface area contributed by atoms with Gasteiger partial charge in [-0.15, -0.1) is 11.3 Å². The van der Waals surface area contributed by atoms with Crippen LogP contribution < -0.4 is 5.32 Å². The summed E-state index contributed by atoms with van der Waals surface area (Å²) in [5.74, 6) is -0.367. The third-order valence-electron chi connectivity index (χ3n) is 4.52. The maximum atomic E-state index is 12.7. The Labute approximate surface area is 150 Å². The van der Waals surface area contributed by atoms with E-state index in [9.17, 15) is 9.59 Å². The van der Waals surface area contributed by atoms with Crippen LogP contribution in [0.2, 0.25) is 0 Å². The molecule has 0 aliphatic heterocycles. The zero-order valence-electron chi connectivity index (χ0n) is 13.6. The van der Waals surface area contributed by atoms with Gasteiger partial charge in [0.1, 0.15) is 0 Å². The number of ketones is 1. The van der Waals surface area contributed by atoms with E-state index in [1.165, 1.54) is 28.9 Å². The summed E-state index contributed by atoms with van der Waals surface area (Å²) in [5.41, 5.74) is 4.29. The molecule has 0 atom stereocenters. The highest BCUT2D eigenvalue weighted by molar-refractivity contribution is 7.12. The fraction of sp³-hybridized carbons (Fsp3) is 0.143. The molecule has 0 saturated carbocycles. The highest BCUT2D eigenvalue weighted by Gasteiger charge is 2.19. The Bertz CT molecular complexity index is 944. The molecule has 2 aromatic carbocycles. The number of hydrogen-bond donors (Lipinski definition) is 1. The Kier molecular flexibility index (Phi) is 4.20. The Balaban J connectivity index is 1.61. The molecule has 0 saturated heterocycles. The second-order valence-corrected chi connectivity index (χ2v) is 7.09. The van der Waals surface area contributed by atoms with Gasteiger partial charge in [-0.25, -0.2) is 0 Å². The number of anilines is 1. The molecule has 0 spiro atoms. The molecule has 25 heavy (non-hydrogen) atoms. The van der Waals surface area contributed by atoms with E-state index < -0.39 is 0 Å². The number of rotatable bonds is 4. The standard InChI is InChI=1S/C21H17NO2S/c23-20(19-9-4-12-25-19)17-7-1-2-8-18(17)21(24)22-16-11-10-14-5-3-6-15(14)13-16/h1-2,4,7-13H,3,5-6H2,(H,22,24). The number of nitrogens with one attached hydrogen (secondary N) is 1. The molecular weight excluding hydrogens is 330 g/mol. The number of hydrogen-bond acceptors (Lipinski definition) is 3. The molecular formula is C21H17NO2S. The van der Waals surface area contributed by atoms with Crippen molar-refractivity contribution in [1.82, 2.24) is 0 Å². The van der Waals surface area contributed by atoms with Crippen molar-refractivity contribution in [3.63, 3.8) is 0 Å². The van der Waals surface area contributed by atoms with Crippen LogP contribution in [0.1, 0.15) is 43.1 Å². The second kappa shape index (κ2) is 6.65. The summed E-state index contributed by atoms with van der Waals surface area (Å²) in [6, 6.07) is 16.7. The fourth-order valence-electron chi connectivity index (χ4n) is 3.27. The highest BCUT2D eigenvalue weighted by atomic mass is 32.1. The molecule has 1 amide bonds. The van der Waals surface area contributed by atoms with Gasteiger partial charge in [-0.05, 0) is 60.0 Å². The number of amides is 1. The molecule has 3 aromatic rings. The van der Waals surface area contributed by atoms with Gasteiger partial charge in [0.15, 0.2) is 0 Å². The first-order valence-electron chi connectivity index (χ1n) is 8.33. The average Bonchev–Trinajstić information content (AvgIpc) is 3.32. The van der Waals surface area contributed by atoms with E-state index in [0.717, 1.165) is 18.5 Å². The summed E-state index contributed by atoms with van der Waals surface area (Å²) in [6.07, 6.45) is 3.35. The summed E-state index contributed by atoms with van der Waals surface area (Å²) < 4.78 is 0. The largest absolute Gasteiger partial charge is 0.322 e. The van der Waals surface area contributed by atoms with Crippen molar-refractivity contribution in [3.05, 3.63) is 87.1 Å². The zero-order valence-corrected chi connectivity index (χ0v) is 14.4. The molecule has 4 heteroatoms. The molecule has 1 aliphatic carbocycles. The van der Waals surface area contributed by atoms with Gasteiger partial charge in [-0.2, -0.15) is 0 Å². The van der Waals surface area contributed by atoms with Gasteiger partial charge < -0.3 is 5.32 Å². The van der Waals surface area contributed by atoms with Crippen LogP contribution in [-0.4, -0.2) is 11.7 Å². The third-order valence-corrected chi connectivity index (χ3v) is 5.39. The molecule has 0 radical (unpaired) electrons. The van der Waals surface area contributed by atoms with Gasteiger partial charge in [-0.1, -0.05) is 30.3 Å². The van der Waals surface area contributed by atoms with Gasteiger partial charge in [-0.3, -0.25) is 9.59 Å². The summed E-state index contributed by atoms with van der Waals surface area (Å²) >= 11 is 1.38. The van der Waals surface area contributed by atoms with Crippen molar-refractivity contribution in [2.24, 2.45) is 0 Å². The van der Waals surface area contributed by atoms with Crippen molar-refractivity contribution in [2.45, 2.75) is 19.3 Å². The first-order valence-corrected chi connectivity index (χ1v) is 9.21. The number of carbonyl (C=O) groups excluding carboxylic acids is 2. The quantitative estimate of drug-likeness (QED) is 0.694. The van der Waals surface area contributed by atoms with Crippen LogP contribution in [0.3, 0.4) is 0 Å². The number of fused-ring (bicyclic) bond motifs is 1. The molecule has 1 N–H and O–H groups in total. The van der Waals surface area contributed by atoms with Crippen molar-refractivity contribution < 1.29 is 9.59 Å². The van der Waals surface area contributed by atoms with Crippen LogP contribution in [0.25, 0.3) is 0 Å². The van der Waals surface area contributed by atoms with Crippen LogP contribution in [0.4, 0.5) is 5.69 Å². The predicted molar refractivity (Wildman–Crippen MR) is 101 cm³/mol.